The highest BCUT2D eigenvalue weighted by atomic mass is 16.1. The molecule has 1 N–H and O–H groups in total. The van der Waals surface area contributed by atoms with Gasteiger partial charge in [0.25, 0.3) is 0 Å². The van der Waals surface area contributed by atoms with E-state index in [1.165, 1.54) is 0 Å². The van der Waals surface area contributed by atoms with Crippen LogP contribution >= 0.6 is 0 Å². The normalized spacial score (nSPS) is 10.9. The van der Waals surface area contributed by atoms with Crippen LogP contribution in [-0.2, 0) is 4.79 Å². The highest BCUT2D eigenvalue weighted by Crippen LogP contribution is 2.16. The molecule has 0 aliphatic heterocycles. The minimum Gasteiger partial charge on any atom is -0.380 e. The smallest absolute Gasteiger partial charge is 0.122 e. The Bertz CT molecular complexity index is 267. The summed E-state index contributed by atoms with van der Waals surface area (Å²) in [4.78, 5) is 10.4. The summed E-state index contributed by atoms with van der Waals surface area (Å²) in [6.07, 6.45) is 1.46. The Labute approximate surface area is 79.0 Å². The lowest BCUT2D eigenvalue weighted by Crippen LogP contribution is -2.31. The van der Waals surface area contributed by atoms with Crippen molar-refractivity contribution in [2.24, 2.45) is 0 Å². The molecule has 0 heterocycles. The van der Waals surface area contributed by atoms with Gasteiger partial charge in [0.1, 0.15) is 6.29 Å². The third-order valence-corrected chi connectivity index (χ3v) is 1.85. The SMILES string of the molecule is CC(C)(CC=O)Nc1ccccc1. The summed E-state index contributed by atoms with van der Waals surface area (Å²) in [6, 6.07) is 9.90. The van der Waals surface area contributed by atoms with E-state index in [0.29, 0.717) is 6.42 Å². The molecule has 1 aromatic carbocycles. The molecule has 1 rings (SSSR count). The molecule has 0 saturated heterocycles. The lowest BCUT2D eigenvalue weighted by atomic mass is 10.0. The molecule has 0 spiro atoms. The molecule has 13 heavy (non-hydrogen) atoms. The molecule has 0 aliphatic carbocycles. The Hall–Kier alpha value is -1.31. The van der Waals surface area contributed by atoms with Crippen molar-refractivity contribution in [2.45, 2.75) is 25.8 Å². The van der Waals surface area contributed by atoms with Gasteiger partial charge in [0.2, 0.25) is 0 Å². The minimum atomic E-state index is -0.164. The van der Waals surface area contributed by atoms with Crippen LogP contribution in [0.5, 0.6) is 0 Å². The topological polar surface area (TPSA) is 29.1 Å². The van der Waals surface area contributed by atoms with Crippen molar-refractivity contribution in [3.05, 3.63) is 30.3 Å². The fraction of sp³-hybridized carbons (Fsp3) is 0.364. The molecule has 1 aromatic rings. The summed E-state index contributed by atoms with van der Waals surface area (Å²) in [7, 11) is 0. The van der Waals surface area contributed by atoms with Crippen LogP contribution in [0.2, 0.25) is 0 Å². The van der Waals surface area contributed by atoms with E-state index in [0.717, 1.165) is 12.0 Å². The molecule has 0 unspecified atom stereocenters. The van der Waals surface area contributed by atoms with Gasteiger partial charge in [-0.1, -0.05) is 18.2 Å². The first-order valence-corrected chi connectivity index (χ1v) is 4.41. The average molecular weight is 177 g/mol. The number of para-hydroxylation sites is 1. The molecule has 0 saturated carbocycles. The molecule has 0 radical (unpaired) electrons. The third-order valence-electron chi connectivity index (χ3n) is 1.85. The Kier molecular flexibility index (Phi) is 3.07. The monoisotopic (exact) mass is 177 g/mol. The van der Waals surface area contributed by atoms with Crippen LogP contribution in [0.1, 0.15) is 20.3 Å². The van der Waals surface area contributed by atoms with Gasteiger partial charge in [-0.05, 0) is 26.0 Å². The van der Waals surface area contributed by atoms with Gasteiger partial charge in [-0.2, -0.15) is 0 Å². The quantitative estimate of drug-likeness (QED) is 0.716. The summed E-state index contributed by atoms with van der Waals surface area (Å²) < 4.78 is 0. The maximum atomic E-state index is 10.4. The zero-order chi connectivity index (χ0) is 9.73. The second-order valence-electron chi connectivity index (χ2n) is 3.75. The molecule has 0 amide bonds. The zero-order valence-corrected chi connectivity index (χ0v) is 8.08. The van der Waals surface area contributed by atoms with Crippen molar-refractivity contribution < 1.29 is 4.79 Å². The van der Waals surface area contributed by atoms with E-state index in [-0.39, 0.29) is 5.54 Å². The van der Waals surface area contributed by atoms with Gasteiger partial charge in [0, 0.05) is 17.6 Å². The first kappa shape index (κ1) is 9.78. The fourth-order valence-electron chi connectivity index (χ4n) is 1.17. The number of carbonyl (C=O) groups is 1. The van der Waals surface area contributed by atoms with Crippen LogP contribution in [-0.4, -0.2) is 11.8 Å². The first-order valence-electron chi connectivity index (χ1n) is 4.41. The molecule has 2 heteroatoms. The number of hydrogen-bond donors (Lipinski definition) is 1. The molecule has 2 nitrogen and oxygen atoms in total. The number of hydrogen-bond acceptors (Lipinski definition) is 2. The van der Waals surface area contributed by atoms with Crippen LogP contribution in [0.25, 0.3) is 0 Å². The highest BCUT2D eigenvalue weighted by Gasteiger charge is 2.15. The number of anilines is 1. The van der Waals surface area contributed by atoms with Crippen LogP contribution in [0.4, 0.5) is 5.69 Å². The van der Waals surface area contributed by atoms with Gasteiger partial charge >= 0.3 is 0 Å². The predicted molar refractivity (Wildman–Crippen MR) is 54.8 cm³/mol. The van der Waals surface area contributed by atoms with Crippen LogP contribution in [0.15, 0.2) is 30.3 Å². The molecule has 0 fully saturated rings. The third kappa shape index (κ3) is 3.28. The lowest BCUT2D eigenvalue weighted by Gasteiger charge is -2.25. The van der Waals surface area contributed by atoms with E-state index in [9.17, 15) is 4.79 Å². The summed E-state index contributed by atoms with van der Waals surface area (Å²) in [5, 5.41) is 3.29. The van der Waals surface area contributed by atoms with Gasteiger partial charge in [0.15, 0.2) is 0 Å². The number of carbonyl (C=O) groups excluding carboxylic acids is 1. The maximum absolute atomic E-state index is 10.4. The Morgan fingerprint density at radius 1 is 1.31 bits per heavy atom. The molecule has 0 bridgehead atoms. The second-order valence-corrected chi connectivity index (χ2v) is 3.75. The summed E-state index contributed by atoms with van der Waals surface area (Å²) in [5.41, 5.74) is 0.887. The molecular weight excluding hydrogens is 162 g/mol. The number of rotatable bonds is 4. The van der Waals surface area contributed by atoms with Crippen molar-refractivity contribution in [1.82, 2.24) is 0 Å². The highest BCUT2D eigenvalue weighted by molar-refractivity contribution is 5.55. The van der Waals surface area contributed by atoms with Crippen LogP contribution < -0.4 is 5.32 Å². The Morgan fingerprint density at radius 2 is 1.92 bits per heavy atom. The largest absolute Gasteiger partial charge is 0.380 e. The van der Waals surface area contributed by atoms with Crippen molar-refractivity contribution in [2.75, 3.05) is 5.32 Å². The van der Waals surface area contributed by atoms with Gasteiger partial charge in [-0.3, -0.25) is 0 Å². The average Bonchev–Trinajstić information content (AvgIpc) is 2.04. The summed E-state index contributed by atoms with van der Waals surface area (Å²) in [5.74, 6) is 0. The van der Waals surface area contributed by atoms with E-state index in [4.69, 9.17) is 0 Å². The molecule has 0 aliphatic rings. The Morgan fingerprint density at radius 3 is 2.46 bits per heavy atom. The number of aldehydes is 1. The first-order chi connectivity index (χ1) is 6.14. The summed E-state index contributed by atoms with van der Waals surface area (Å²) in [6.45, 7) is 4.02. The molecule has 70 valence electrons. The van der Waals surface area contributed by atoms with Crippen LogP contribution in [0, 0.1) is 0 Å². The van der Waals surface area contributed by atoms with E-state index in [2.05, 4.69) is 5.32 Å². The molecule has 0 atom stereocenters. The number of nitrogens with one attached hydrogen (secondary N) is 1. The predicted octanol–water partition coefficient (Wildman–Crippen LogP) is 2.47. The fourth-order valence-corrected chi connectivity index (χ4v) is 1.17. The molecule has 0 aromatic heterocycles. The van der Waals surface area contributed by atoms with Gasteiger partial charge < -0.3 is 10.1 Å². The van der Waals surface area contributed by atoms with Crippen molar-refractivity contribution in [1.29, 1.82) is 0 Å². The molecular formula is C11H15NO. The van der Waals surface area contributed by atoms with E-state index < -0.39 is 0 Å². The standard InChI is InChI=1S/C11H15NO/c1-11(2,8-9-13)12-10-6-4-3-5-7-10/h3-7,9,12H,8H2,1-2H3. The second kappa shape index (κ2) is 4.08. The van der Waals surface area contributed by atoms with E-state index >= 15 is 0 Å². The van der Waals surface area contributed by atoms with E-state index in [1.54, 1.807) is 0 Å². The Balaban J connectivity index is 2.63. The van der Waals surface area contributed by atoms with Crippen LogP contribution in [0.3, 0.4) is 0 Å². The number of benzene rings is 1. The van der Waals surface area contributed by atoms with Gasteiger partial charge in [0.05, 0.1) is 0 Å². The summed E-state index contributed by atoms with van der Waals surface area (Å²) >= 11 is 0. The minimum absolute atomic E-state index is 0.164. The maximum Gasteiger partial charge on any atom is 0.122 e. The van der Waals surface area contributed by atoms with Crippen molar-refractivity contribution in [3.8, 4) is 0 Å². The van der Waals surface area contributed by atoms with Gasteiger partial charge in [-0.15, -0.1) is 0 Å². The van der Waals surface area contributed by atoms with Crippen molar-refractivity contribution >= 4 is 12.0 Å². The zero-order valence-electron chi connectivity index (χ0n) is 8.08. The van der Waals surface area contributed by atoms with E-state index in [1.807, 2.05) is 44.2 Å². The van der Waals surface area contributed by atoms with Gasteiger partial charge in [-0.25, -0.2) is 0 Å². The van der Waals surface area contributed by atoms with Crippen molar-refractivity contribution in [3.63, 3.8) is 0 Å². The lowest BCUT2D eigenvalue weighted by molar-refractivity contribution is -0.108.